The van der Waals surface area contributed by atoms with Crippen molar-refractivity contribution in [3.05, 3.63) is 30.3 Å². The summed E-state index contributed by atoms with van der Waals surface area (Å²) in [5.74, 6) is -0.0149. The molecule has 1 fully saturated rings. The highest BCUT2D eigenvalue weighted by molar-refractivity contribution is 5.94. The Hall–Kier alpha value is -1.39. The fourth-order valence-electron chi connectivity index (χ4n) is 2.60. The predicted octanol–water partition coefficient (Wildman–Crippen LogP) is 2.95. The minimum absolute atomic E-state index is 0.0149. The summed E-state index contributed by atoms with van der Waals surface area (Å²) in [6.45, 7) is 3.26. The van der Waals surface area contributed by atoms with E-state index in [2.05, 4.69) is 10.6 Å². The van der Waals surface area contributed by atoms with Crippen LogP contribution in [-0.2, 0) is 9.53 Å². The summed E-state index contributed by atoms with van der Waals surface area (Å²) in [5.41, 5.74) is 0.828. The summed E-state index contributed by atoms with van der Waals surface area (Å²) in [4.78, 5) is 12.0. The van der Waals surface area contributed by atoms with Gasteiger partial charge in [0.15, 0.2) is 0 Å². The number of hydrogen-bond acceptors (Lipinski definition) is 3. The van der Waals surface area contributed by atoms with Gasteiger partial charge in [-0.1, -0.05) is 37.5 Å². The zero-order valence-corrected chi connectivity index (χ0v) is 12.8. The molecule has 4 nitrogen and oxygen atoms in total. The van der Waals surface area contributed by atoms with Gasteiger partial charge in [0, 0.05) is 12.2 Å². The van der Waals surface area contributed by atoms with Crippen LogP contribution in [0.3, 0.4) is 0 Å². The van der Waals surface area contributed by atoms with E-state index in [-0.39, 0.29) is 11.9 Å². The van der Waals surface area contributed by atoms with Crippen molar-refractivity contribution in [2.45, 2.75) is 51.2 Å². The third-order valence-corrected chi connectivity index (χ3v) is 3.89. The minimum atomic E-state index is -0.222. The Kier molecular flexibility index (Phi) is 6.70. The SMILES string of the molecule is CC(NCCOC1CCCCC1)C(=O)Nc1ccccc1. The first-order chi connectivity index (χ1) is 10.3. The standard InChI is InChI=1S/C17H26N2O2/c1-14(17(20)19-15-8-4-2-5-9-15)18-12-13-21-16-10-6-3-7-11-16/h2,4-5,8-9,14,16,18H,3,6-7,10-13H2,1H3,(H,19,20). The Labute approximate surface area is 127 Å². The molecule has 1 atom stereocenters. The first kappa shape index (κ1) is 16.0. The monoisotopic (exact) mass is 290 g/mol. The molecular formula is C17H26N2O2. The number of anilines is 1. The normalized spacial score (nSPS) is 17.4. The third-order valence-electron chi connectivity index (χ3n) is 3.89. The fourth-order valence-corrected chi connectivity index (χ4v) is 2.60. The van der Waals surface area contributed by atoms with E-state index in [0.29, 0.717) is 19.3 Å². The second kappa shape index (κ2) is 8.80. The topological polar surface area (TPSA) is 50.4 Å². The molecule has 2 rings (SSSR count). The number of nitrogens with one attached hydrogen (secondary N) is 2. The lowest BCUT2D eigenvalue weighted by Gasteiger charge is -2.22. The van der Waals surface area contributed by atoms with Gasteiger partial charge in [0.05, 0.1) is 18.8 Å². The van der Waals surface area contributed by atoms with Crippen LogP contribution in [0.15, 0.2) is 30.3 Å². The second-order valence-electron chi connectivity index (χ2n) is 5.66. The Bertz CT molecular complexity index is 416. The highest BCUT2D eigenvalue weighted by Gasteiger charge is 2.14. The minimum Gasteiger partial charge on any atom is -0.377 e. The van der Waals surface area contributed by atoms with Crippen molar-refractivity contribution in [2.24, 2.45) is 0 Å². The zero-order chi connectivity index (χ0) is 14.9. The Morgan fingerprint density at radius 2 is 1.95 bits per heavy atom. The largest absolute Gasteiger partial charge is 0.377 e. The fraction of sp³-hybridized carbons (Fsp3) is 0.588. The number of amides is 1. The molecule has 1 aromatic rings. The summed E-state index contributed by atoms with van der Waals surface area (Å²) < 4.78 is 5.84. The molecule has 21 heavy (non-hydrogen) atoms. The molecule has 1 aliphatic carbocycles. The molecule has 0 heterocycles. The van der Waals surface area contributed by atoms with Gasteiger partial charge in [0.2, 0.25) is 5.91 Å². The molecule has 1 saturated carbocycles. The van der Waals surface area contributed by atoms with Crippen LogP contribution in [0.1, 0.15) is 39.0 Å². The van der Waals surface area contributed by atoms with Gasteiger partial charge in [-0.15, -0.1) is 0 Å². The van der Waals surface area contributed by atoms with Crippen molar-refractivity contribution in [3.63, 3.8) is 0 Å². The van der Waals surface area contributed by atoms with Gasteiger partial charge >= 0.3 is 0 Å². The highest BCUT2D eigenvalue weighted by Crippen LogP contribution is 2.19. The van der Waals surface area contributed by atoms with E-state index in [1.807, 2.05) is 37.3 Å². The van der Waals surface area contributed by atoms with Gasteiger partial charge in [0.1, 0.15) is 0 Å². The lowest BCUT2D eigenvalue weighted by molar-refractivity contribution is -0.117. The van der Waals surface area contributed by atoms with Gasteiger partial charge in [-0.25, -0.2) is 0 Å². The van der Waals surface area contributed by atoms with E-state index in [0.717, 1.165) is 5.69 Å². The first-order valence-corrected chi connectivity index (χ1v) is 7.96. The molecule has 116 valence electrons. The van der Waals surface area contributed by atoms with E-state index < -0.39 is 0 Å². The molecule has 2 N–H and O–H groups in total. The average Bonchev–Trinajstić information content (AvgIpc) is 2.53. The number of carbonyl (C=O) groups excluding carboxylic acids is 1. The summed E-state index contributed by atoms with van der Waals surface area (Å²) in [6.07, 6.45) is 6.71. The molecule has 0 radical (unpaired) electrons. The summed E-state index contributed by atoms with van der Waals surface area (Å²) in [7, 11) is 0. The molecular weight excluding hydrogens is 264 g/mol. The van der Waals surface area contributed by atoms with E-state index in [4.69, 9.17) is 4.74 Å². The van der Waals surface area contributed by atoms with Gasteiger partial charge < -0.3 is 15.4 Å². The molecule has 1 aliphatic rings. The first-order valence-electron chi connectivity index (χ1n) is 7.96. The number of para-hydroxylation sites is 1. The smallest absolute Gasteiger partial charge is 0.241 e. The number of carbonyl (C=O) groups is 1. The van der Waals surface area contributed by atoms with Crippen LogP contribution >= 0.6 is 0 Å². The number of hydrogen-bond donors (Lipinski definition) is 2. The Morgan fingerprint density at radius 1 is 1.24 bits per heavy atom. The maximum absolute atomic E-state index is 12.0. The van der Waals surface area contributed by atoms with Crippen molar-refractivity contribution >= 4 is 11.6 Å². The molecule has 0 aliphatic heterocycles. The molecule has 1 unspecified atom stereocenters. The maximum atomic E-state index is 12.0. The average molecular weight is 290 g/mol. The molecule has 1 amide bonds. The van der Waals surface area contributed by atoms with Crippen molar-refractivity contribution in [1.29, 1.82) is 0 Å². The summed E-state index contributed by atoms with van der Waals surface area (Å²) in [5, 5.41) is 6.09. The lowest BCUT2D eigenvalue weighted by atomic mass is 9.98. The molecule has 0 aromatic heterocycles. The summed E-state index contributed by atoms with van der Waals surface area (Å²) in [6, 6.07) is 9.30. The van der Waals surface area contributed by atoms with E-state index in [1.165, 1.54) is 32.1 Å². The summed E-state index contributed by atoms with van der Waals surface area (Å²) >= 11 is 0. The molecule has 0 spiro atoms. The number of rotatable bonds is 7. The van der Waals surface area contributed by atoms with Crippen LogP contribution in [0.25, 0.3) is 0 Å². The quantitative estimate of drug-likeness (QED) is 0.759. The third kappa shape index (κ3) is 5.86. The van der Waals surface area contributed by atoms with Crippen LogP contribution in [-0.4, -0.2) is 31.2 Å². The van der Waals surface area contributed by atoms with E-state index >= 15 is 0 Å². The van der Waals surface area contributed by atoms with Gasteiger partial charge in [-0.2, -0.15) is 0 Å². The molecule has 0 saturated heterocycles. The van der Waals surface area contributed by atoms with Crippen LogP contribution < -0.4 is 10.6 Å². The zero-order valence-electron chi connectivity index (χ0n) is 12.8. The predicted molar refractivity (Wildman–Crippen MR) is 85.4 cm³/mol. The molecule has 4 heteroatoms. The van der Waals surface area contributed by atoms with Gasteiger partial charge in [-0.05, 0) is 31.9 Å². The Morgan fingerprint density at radius 3 is 2.67 bits per heavy atom. The van der Waals surface area contributed by atoms with Crippen LogP contribution in [0.5, 0.6) is 0 Å². The van der Waals surface area contributed by atoms with Crippen molar-refractivity contribution in [3.8, 4) is 0 Å². The van der Waals surface area contributed by atoms with Gasteiger partial charge in [-0.3, -0.25) is 4.79 Å². The highest BCUT2D eigenvalue weighted by atomic mass is 16.5. The van der Waals surface area contributed by atoms with Crippen molar-refractivity contribution < 1.29 is 9.53 Å². The van der Waals surface area contributed by atoms with E-state index in [9.17, 15) is 4.79 Å². The second-order valence-corrected chi connectivity index (χ2v) is 5.66. The van der Waals surface area contributed by atoms with Crippen LogP contribution in [0.2, 0.25) is 0 Å². The van der Waals surface area contributed by atoms with Crippen molar-refractivity contribution in [2.75, 3.05) is 18.5 Å². The molecule has 0 bridgehead atoms. The van der Waals surface area contributed by atoms with Crippen LogP contribution in [0, 0.1) is 0 Å². The Balaban J connectivity index is 1.60. The van der Waals surface area contributed by atoms with E-state index in [1.54, 1.807) is 0 Å². The maximum Gasteiger partial charge on any atom is 0.241 e. The molecule has 1 aromatic carbocycles. The number of benzene rings is 1. The van der Waals surface area contributed by atoms with Crippen molar-refractivity contribution in [1.82, 2.24) is 5.32 Å². The number of ether oxygens (including phenoxy) is 1. The van der Waals surface area contributed by atoms with Crippen LogP contribution in [0.4, 0.5) is 5.69 Å². The lowest BCUT2D eigenvalue weighted by Crippen LogP contribution is -2.40. The van der Waals surface area contributed by atoms with Gasteiger partial charge in [0.25, 0.3) is 0 Å².